The van der Waals surface area contributed by atoms with Crippen molar-refractivity contribution < 1.29 is 0 Å². The largest absolute Gasteiger partial charge is 0.335 e. The van der Waals surface area contributed by atoms with Gasteiger partial charge in [-0.15, -0.1) is 0 Å². The summed E-state index contributed by atoms with van der Waals surface area (Å²) in [5, 5.41) is 1.58. The molecule has 0 amide bonds. The summed E-state index contributed by atoms with van der Waals surface area (Å²) in [5.41, 5.74) is 23.1. The monoisotopic (exact) mass is 932 g/mol. The van der Waals surface area contributed by atoms with Crippen LogP contribution in [0.1, 0.15) is 125 Å². The van der Waals surface area contributed by atoms with E-state index in [0.717, 1.165) is 25.7 Å². The second-order valence-electron chi connectivity index (χ2n) is 24.9. The number of fused-ring (bicyclic) bond motifs is 10. The van der Waals surface area contributed by atoms with Gasteiger partial charge >= 0.3 is 0 Å². The Morgan fingerprint density at radius 2 is 1.07 bits per heavy atom. The molecule has 70 heavy (non-hydrogen) atoms. The van der Waals surface area contributed by atoms with Crippen LogP contribution in [-0.4, -0.2) is 25.9 Å². The van der Waals surface area contributed by atoms with Gasteiger partial charge in [-0.05, 0) is 139 Å². The summed E-state index contributed by atoms with van der Waals surface area (Å²) < 4.78 is 0. The van der Waals surface area contributed by atoms with Crippen LogP contribution >= 0.6 is 0 Å². The molecule has 4 atom stereocenters. The summed E-state index contributed by atoms with van der Waals surface area (Å²) in [4.78, 5) is 8.54. The Balaban J connectivity index is 1.18. The summed E-state index contributed by atoms with van der Waals surface area (Å²) in [6.07, 6.45) is 9.42. The molecule has 4 aliphatic heterocycles. The number of rotatable bonds is 5. The lowest BCUT2D eigenvalue weighted by molar-refractivity contribution is 0.214. The van der Waals surface area contributed by atoms with Gasteiger partial charge in [0.15, 0.2) is 0 Å². The zero-order valence-electron chi connectivity index (χ0n) is 43.4. The molecule has 0 bridgehead atoms. The van der Waals surface area contributed by atoms with Crippen LogP contribution < -0.4 is 36.3 Å². The number of aryl methyl sites for hydroxylation is 2. The molecule has 4 heterocycles. The Morgan fingerprint density at radius 3 is 1.70 bits per heavy atom. The summed E-state index contributed by atoms with van der Waals surface area (Å²) in [7, 11) is -1.81. The van der Waals surface area contributed by atoms with E-state index in [1.54, 1.807) is 10.8 Å². The summed E-state index contributed by atoms with van der Waals surface area (Å²) in [6, 6.07) is 58.7. The van der Waals surface area contributed by atoms with Crippen LogP contribution in [0.15, 0.2) is 146 Å². The molecule has 5 heteroatoms. The first-order valence-corrected chi connectivity index (χ1v) is 30.2. The van der Waals surface area contributed by atoms with Gasteiger partial charge in [0, 0.05) is 50.6 Å². The fourth-order valence-corrected chi connectivity index (χ4v) is 16.8. The molecule has 4 unspecified atom stereocenters. The lowest BCUT2D eigenvalue weighted by Gasteiger charge is -2.55. The van der Waals surface area contributed by atoms with Crippen molar-refractivity contribution in [3.63, 3.8) is 0 Å². The first-order valence-electron chi connectivity index (χ1n) is 26.7. The van der Waals surface area contributed by atoms with Crippen LogP contribution in [0.2, 0.25) is 19.6 Å². The average molecular weight is 932 g/mol. The molecule has 0 N–H and O–H groups in total. The van der Waals surface area contributed by atoms with Crippen molar-refractivity contribution in [2.24, 2.45) is 0 Å². The molecule has 352 valence electrons. The molecule has 2 saturated carbocycles. The molecule has 0 spiro atoms. The van der Waals surface area contributed by atoms with E-state index in [2.05, 4.69) is 228 Å². The maximum atomic E-state index is 2.98. The molecule has 7 aromatic rings. The van der Waals surface area contributed by atoms with Crippen LogP contribution in [0.3, 0.4) is 0 Å². The highest BCUT2D eigenvalue weighted by Crippen LogP contribution is 2.67. The van der Waals surface area contributed by atoms with E-state index in [0.29, 0.717) is 0 Å². The van der Waals surface area contributed by atoms with E-state index in [-0.39, 0.29) is 34.0 Å². The van der Waals surface area contributed by atoms with Gasteiger partial charge in [-0.1, -0.05) is 192 Å². The van der Waals surface area contributed by atoms with Gasteiger partial charge in [0.2, 0.25) is 0 Å². The van der Waals surface area contributed by atoms with Crippen LogP contribution in [-0.2, 0) is 16.2 Å². The topological polar surface area (TPSA) is 9.72 Å². The third kappa shape index (κ3) is 5.70. The minimum atomic E-state index is -1.81. The van der Waals surface area contributed by atoms with Gasteiger partial charge in [-0.3, -0.25) is 0 Å². The highest BCUT2D eigenvalue weighted by Gasteiger charge is 2.66. The lowest BCUT2D eigenvalue weighted by Crippen LogP contribution is -2.65. The molecule has 7 aromatic carbocycles. The van der Waals surface area contributed by atoms with Gasteiger partial charge < -0.3 is 14.7 Å². The quantitative estimate of drug-likeness (QED) is 0.159. The van der Waals surface area contributed by atoms with Gasteiger partial charge in [-0.25, -0.2) is 0 Å². The number of benzene rings is 7. The van der Waals surface area contributed by atoms with Crippen LogP contribution in [0.4, 0.5) is 39.8 Å². The molecular weight excluding hydrogens is 862 g/mol. The van der Waals surface area contributed by atoms with Crippen molar-refractivity contribution in [1.82, 2.24) is 0 Å². The smallest absolute Gasteiger partial charge is 0.252 e. The van der Waals surface area contributed by atoms with Gasteiger partial charge in [0.25, 0.3) is 6.71 Å². The van der Waals surface area contributed by atoms with Crippen molar-refractivity contribution in [2.75, 3.05) is 14.7 Å². The summed E-state index contributed by atoms with van der Waals surface area (Å²) >= 11 is 0. The summed E-state index contributed by atoms with van der Waals surface area (Å²) in [6.45, 7) is 24.8. The van der Waals surface area contributed by atoms with Crippen molar-refractivity contribution in [1.29, 1.82) is 0 Å². The van der Waals surface area contributed by atoms with Crippen LogP contribution in [0.5, 0.6) is 0 Å². The second-order valence-corrected chi connectivity index (χ2v) is 30.0. The Morgan fingerprint density at radius 1 is 0.500 bits per heavy atom. The Kier molecular flexibility index (Phi) is 9.40. The molecule has 0 saturated heterocycles. The molecule has 3 nitrogen and oxygen atoms in total. The summed E-state index contributed by atoms with van der Waals surface area (Å²) in [5.74, 6) is 0. The highest BCUT2D eigenvalue weighted by atomic mass is 28.3. The fourth-order valence-electron chi connectivity index (χ4n) is 15.6. The Labute approximate surface area is 420 Å². The van der Waals surface area contributed by atoms with Crippen molar-refractivity contribution in [3.8, 4) is 0 Å². The Bertz CT molecular complexity index is 3280. The van der Waals surface area contributed by atoms with Crippen molar-refractivity contribution in [2.45, 2.75) is 147 Å². The molecular formula is C65H70BN3Si. The molecule has 2 fully saturated rings. The zero-order chi connectivity index (χ0) is 48.3. The first kappa shape index (κ1) is 44.2. The van der Waals surface area contributed by atoms with Crippen molar-refractivity contribution >= 4 is 76.2 Å². The lowest BCUT2D eigenvalue weighted by atomic mass is 9.33. The highest BCUT2D eigenvalue weighted by molar-refractivity contribution is 7.01. The molecule has 13 rings (SSSR count). The standard InChI is InChI=1S/C65H70BN3Si/c1-43-25-29-48(30-26-43)67-56-31-27-44(2)37-53(56)66-54-42-50(70(8,9)10)41-52-60(54)69(63(7)34-18-20-36-65(52,63)46-23-15-12-16-24-46)58-40-49(39-57(67)59(58)66)68-55-32-28-47(61(3,4)5)38-51(55)64(45-21-13-11-14-22-45)35-19-17-33-62(64,68)6/h11-16,21-32,37-42H,17-20,33-36H2,1-10H3. The first-order chi connectivity index (χ1) is 33.5. The molecule has 2 aliphatic carbocycles. The normalized spacial score (nSPS) is 24.9. The predicted octanol–water partition coefficient (Wildman–Crippen LogP) is 14.3. The number of hydrogen-bond acceptors (Lipinski definition) is 3. The molecule has 0 radical (unpaired) electrons. The molecule has 6 aliphatic rings. The third-order valence-corrected chi connectivity index (χ3v) is 21.1. The SMILES string of the molecule is Cc1ccc(N2c3ccc(C)cc3B3c4cc([Si](C)(C)C)cc5c4N(c4cc(N6c7ccc(C(C)(C)C)cc7C7(c8ccccc8)CCCCC67C)cc2c43)C2(C)CCCCC52c2ccccc2)cc1. The molecule has 0 aromatic heterocycles. The second kappa shape index (κ2) is 14.9. The fraction of sp³-hybridized carbons (Fsp3) is 0.354. The maximum Gasteiger partial charge on any atom is 0.252 e. The number of hydrogen-bond donors (Lipinski definition) is 0. The van der Waals surface area contributed by atoms with E-state index in [9.17, 15) is 0 Å². The van der Waals surface area contributed by atoms with Gasteiger partial charge in [0.1, 0.15) is 0 Å². The van der Waals surface area contributed by atoms with Crippen LogP contribution in [0, 0.1) is 13.8 Å². The van der Waals surface area contributed by atoms with Crippen LogP contribution in [0.25, 0.3) is 0 Å². The minimum Gasteiger partial charge on any atom is -0.335 e. The van der Waals surface area contributed by atoms with E-state index < -0.39 is 8.07 Å². The van der Waals surface area contributed by atoms with E-state index in [4.69, 9.17) is 0 Å². The van der Waals surface area contributed by atoms with Crippen molar-refractivity contribution in [3.05, 3.63) is 185 Å². The van der Waals surface area contributed by atoms with E-state index in [1.807, 2.05) is 0 Å². The number of anilines is 7. The van der Waals surface area contributed by atoms with E-state index in [1.165, 1.54) is 115 Å². The minimum absolute atomic E-state index is 0.0214. The Hall–Kier alpha value is -5.78. The van der Waals surface area contributed by atoms with Gasteiger partial charge in [-0.2, -0.15) is 0 Å². The zero-order valence-corrected chi connectivity index (χ0v) is 44.4. The van der Waals surface area contributed by atoms with E-state index >= 15 is 0 Å². The maximum absolute atomic E-state index is 2.98. The predicted molar refractivity (Wildman–Crippen MR) is 302 cm³/mol. The third-order valence-electron chi connectivity index (χ3n) is 19.0. The average Bonchev–Trinajstić information content (AvgIpc) is 3.74. The van der Waals surface area contributed by atoms with Gasteiger partial charge in [0.05, 0.1) is 19.2 Å². The number of nitrogens with zero attached hydrogens (tertiary/aromatic N) is 3.